The molecular formula is C26H39NO11. The second kappa shape index (κ2) is 14.4. The largest absolute Gasteiger partial charge is 0.514 e. The number of carboxylic acid groups (broad SMARTS) is 1. The van der Waals surface area contributed by atoms with Gasteiger partial charge in [0.2, 0.25) is 0 Å². The first-order chi connectivity index (χ1) is 17.5. The molecule has 214 valence electrons. The van der Waals surface area contributed by atoms with Crippen LogP contribution in [0.15, 0.2) is 18.2 Å². The number of aliphatic carboxylic acids is 1. The van der Waals surface area contributed by atoms with Crippen molar-refractivity contribution in [2.24, 2.45) is 5.92 Å². The second-order valence-corrected chi connectivity index (χ2v) is 9.85. The highest BCUT2D eigenvalue weighted by Gasteiger charge is 2.44. The number of hydrogen-bond donors (Lipinski definition) is 2. The number of ether oxygens (including phenoxy) is 6. The van der Waals surface area contributed by atoms with Crippen LogP contribution in [0.25, 0.3) is 0 Å². The molecule has 0 aliphatic heterocycles. The summed E-state index contributed by atoms with van der Waals surface area (Å²) in [7, 11) is 0. The zero-order valence-electron chi connectivity index (χ0n) is 23.4. The van der Waals surface area contributed by atoms with Gasteiger partial charge in [-0.3, -0.25) is 5.32 Å². The molecule has 0 saturated heterocycles. The van der Waals surface area contributed by atoms with E-state index in [0.717, 1.165) is 0 Å². The third-order valence-corrected chi connectivity index (χ3v) is 4.86. The summed E-state index contributed by atoms with van der Waals surface area (Å²) >= 11 is 0. The Labute approximate surface area is 222 Å². The van der Waals surface area contributed by atoms with Crippen LogP contribution in [0.4, 0.5) is 14.4 Å². The first kappa shape index (κ1) is 32.5. The van der Waals surface area contributed by atoms with Gasteiger partial charge in [0.05, 0.1) is 12.2 Å². The summed E-state index contributed by atoms with van der Waals surface area (Å²) in [5, 5.41) is 12.9. The van der Waals surface area contributed by atoms with E-state index < -0.39 is 60.9 Å². The van der Waals surface area contributed by atoms with Gasteiger partial charge >= 0.3 is 24.4 Å². The van der Waals surface area contributed by atoms with Gasteiger partial charge in [-0.15, -0.1) is 0 Å². The van der Waals surface area contributed by atoms with Crippen molar-refractivity contribution in [1.82, 2.24) is 5.32 Å². The average Bonchev–Trinajstić information content (AvgIpc) is 2.73. The number of hydrogen-bond acceptors (Lipinski definition) is 11. The Morgan fingerprint density at radius 2 is 1.32 bits per heavy atom. The minimum absolute atomic E-state index is 0.0277. The maximum absolute atomic E-state index is 12.5. The summed E-state index contributed by atoms with van der Waals surface area (Å²) in [5.41, 5.74) is -1.99. The Hall–Kier alpha value is -3.54. The smallest absolute Gasteiger partial charge is 0.477 e. The molecule has 38 heavy (non-hydrogen) atoms. The van der Waals surface area contributed by atoms with Gasteiger partial charge in [-0.1, -0.05) is 19.9 Å². The molecule has 0 aromatic heterocycles. The van der Waals surface area contributed by atoms with Crippen LogP contribution in [0.5, 0.6) is 11.5 Å². The van der Waals surface area contributed by atoms with E-state index in [1.54, 1.807) is 48.5 Å². The zero-order chi connectivity index (χ0) is 29.2. The number of rotatable bonds is 12. The van der Waals surface area contributed by atoms with Crippen molar-refractivity contribution in [3.05, 3.63) is 23.8 Å². The SMILES string of the molecule is CC(C)N[C@@](Cc1ccc(OC(=O)OC(C)C)c(OC(=O)OC(C)C)c1)(OC(=O)OC(C)C(C)C)C(=O)O. The number of carboxylic acids is 1. The monoisotopic (exact) mass is 541 g/mol. The van der Waals surface area contributed by atoms with E-state index in [9.17, 15) is 24.3 Å². The maximum atomic E-state index is 12.5. The predicted molar refractivity (Wildman–Crippen MR) is 135 cm³/mol. The minimum Gasteiger partial charge on any atom is -0.477 e. The van der Waals surface area contributed by atoms with E-state index in [1.807, 2.05) is 13.8 Å². The fourth-order valence-corrected chi connectivity index (χ4v) is 2.94. The van der Waals surface area contributed by atoms with Gasteiger partial charge in [0.15, 0.2) is 11.5 Å². The first-order valence-corrected chi connectivity index (χ1v) is 12.3. The molecule has 0 fully saturated rings. The molecule has 1 rings (SSSR count). The van der Waals surface area contributed by atoms with Crippen LogP contribution in [0.2, 0.25) is 0 Å². The van der Waals surface area contributed by atoms with Crippen LogP contribution in [0.1, 0.15) is 67.9 Å². The molecule has 0 radical (unpaired) electrons. The van der Waals surface area contributed by atoms with Crippen LogP contribution < -0.4 is 14.8 Å². The van der Waals surface area contributed by atoms with Gasteiger partial charge in [-0.05, 0) is 72.1 Å². The Bertz CT molecular complexity index is 974. The lowest BCUT2D eigenvalue weighted by Gasteiger charge is -2.32. The third kappa shape index (κ3) is 10.8. The predicted octanol–water partition coefficient (Wildman–Crippen LogP) is 5.05. The first-order valence-electron chi connectivity index (χ1n) is 12.3. The van der Waals surface area contributed by atoms with Crippen molar-refractivity contribution in [3.8, 4) is 11.5 Å². The van der Waals surface area contributed by atoms with E-state index >= 15 is 0 Å². The lowest BCUT2D eigenvalue weighted by atomic mass is 10.0. The Kier molecular flexibility index (Phi) is 12.3. The quantitative estimate of drug-likeness (QED) is 0.157. The molecule has 2 atom stereocenters. The zero-order valence-corrected chi connectivity index (χ0v) is 23.4. The number of nitrogens with one attached hydrogen (secondary N) is 1. The lowest BCUT2D eigenvalue weighted by Crippen LogP contribution is -2.59. The van der Waals surface area contributed by atoms with E-state index in [-0.39, 0.29) is 23.0 Å². The molecule has 2 N–H and O–H groups in total. The highest BCUT2D eigenvalue weighted by atomic mass is 16.8. The van der Waals surface area contributed by atoms with Crippen LogP contribution in [0, 0.1) is 5.92 Å². The minimum atomic E-state index is -2.24. The summed E-state index contributed by atoms with van der Waals surface area (Å²) in [5.74, 6) is -1.93. The molecule has 0 amide bonds. The second-order valence-electron chi connectivity index (χ2n) is 9.85. The van der Waals surface area contributed by atoms with Crippen molar-refractivity contribution < 1.29 is 52.7 Å². The van der Waals surface area contributed by atoms with Gasteiger partial charge < -0.3 is 33.5 Å². The Balaban J connectivity index is 3.42. The van der Waals surface area contributed by atoms with Crippen molar-refractivity contribution in [3.63, 3.8) is 0 Å². The molecule has 1 aromatic rings. The number of carbonyl (C=O) groups excluding carboxylic acids is 3. The van der Waals surface area contributed by atoms with Crippen LogP contribution in [-0.4, -0.2) is 59.6 Å². The third-order valence-electron chi connectivity index (χ3n) is 4.86. The molecule has 0 spiro atoms. The highest BCUT2D eigenvalue weighted by Crippen LogP contribution is 2.32. The van der Waals surface area contributed by atoms with E-state index in [1.165, 1.54) is 18.2 Å². The van der Waals surface area contributed by atoms with Gasteiger partial charge in [-0.2, -0.15) is 0 Å². The topological polar surface area (TPSA) is 156 Å². The Morgan fingerprint density at radius 1 is 0.789 bits per heavy atom. The molecule has 0 aliphatic rings. The van der Waals surface area contributed by atoms with E-state index in [0.29, 0.717) is 0 Å². The number of benzene rings is 1. The van der Waals surface area contributed by atoms with Crippen molar-refractivity contribution in [2.75, 3.05) is 0 Å². The molecular weight excluding hydrogens is 502 g/mol. The molecule has 1 unspecified atom stereocenters. The van der Waals surface area contributed by atoms with Gasteiger partial charge in [0.25, 0.3) is 5.72 Å². The lowest BCUT2D eigenvalue weighted by molar-refractivity contribution is -0.168. The van der Waals surface area contributed by atoms with Gasteiger partial charge in [-0.25, -0.2) is 19.2 Å². The summed E-state index contributed by atoms with van der Waals surface area (Å²) in [6.45, 7) is 15.2. The summed E-state index contributed by atoms with van der Waals surface area (Å²) < 4.78 is 30.9. The average molecular weight is 542 g/mol. The van der Waals surface area contributed by atoms with Crippen molar-refractivity contribution in [1.29, 1.82) is 0 Å². The van der Waals surface area contributed by atoms with Gasteiger partial charge in [0, 0.05) is 12.5 Å². The molecule has 12 nitrogen and oxygen atoms in total. The highest BCUT2D eigenvalue weighted by molar-refractivity contribution is 5.80. The van der Waals surface area contributed by atoms with Crippen LogP contribution in [0.3, 0.4) is 0 Å². The van der Waals surface area contributed by atoms with Crippen LogP contribution >= 0.6 is 0 Å². The Morgan fingerprint density at radius 3 is 1.76 bits per heavy atom. The molecule has 0 saturated carbocycles. The molecule has 0 aliphatic carbocycles. The molecule has 0 bridgehead atoms. The standard InChI is InChI=1S/C26H39NO11/c1-14(2)18(9)35-25(32)38-26(22(28)29,27-15(3)4)13-19-10-11-20(36-23(30)33-16(5)6)21(12-19)37-24(31)34-17(7)8/h10-12,14-18,27H,13H2,1-9H3,(H,28,29)/t18?,26-/m0/s1. The van der Waals surface area contributed by atoms with E-state index in [2.05, 4.69) is 5.32 Å². The van der Waals surface area contributed by atoms with Crippen LogP contribution in [-0.2, 0) is 30.2 Å². The van der Waals surface area contributed by atoms with Crippen molar-refractivity contribution in [2.45, 2.75) is 98.8 Å². The number of carbonyl (C=O) groups is 4. The summed E-state index contributed by atoms with van der Waals surface area (Å²) in [6.07, 6.45) is -5.18. The summed E-state index contributed by atoms with van der Waals surface area (Å²) in [4.78, 5) is 49.2. The van der Waals surface area contributed by atoms with E-state index in [4.69, 9.17) is 28.4 Å². The molecule has 0 heterocycles. The summed E-state index contributed by atoms with van der Waals surface area (Å²) in [6, 6.07) is 3.55. The normalized spacial score (nSPS) is 13.6. The molecule has 12 heteroatoms. The maximum Gasteiger partial charge on any atom is 0.514 e. The molecule has 1 aromatic carbocycles. The fraction of sp³-hybridized carbons (Fsp3) is 0.615. The van der Waals surface area contributed by atoms with Crippen molar-refractivity contribution >= 4 is 24.4 Å². The van der Waals surface area contributed by atoms with Gasteiger partial charge in [0.1, 0.15) is 6.10 Å². The fourth-order valence-electron chi connectivity index (χ4n) is 2.94.